The smallest absolute Gasteiger partial charge is 0.185 e. The Morgan fingerprint density at radius 1 is 1.33 bits per heavy atom. The van der Waals surface area contributed by atoms with Crippen LogP contribution in [0, 0.1) is 0 Å². The zero-order valence-electron chi connectivity index (χ0n) is 12.0. The van der Waals surface area contributed by atoms with Gasteiger partial charge in [0.15, 0.2) is 5.13 Å². The quantitative estimate of drug-likeness (QED) is 0.886. The zero-order valence-corrected chi connectivity index (χ0v) is 12.8. The lowest BCUT2D eigenvalue weighted by molar-refractivity contribution is 0.524. The summed E-state index contributed by atoms with van der Waals surface area (Å²) in [6.45, 7) is 5.45. The van der Waals surface area contributed by atoms with E-state index in [1.165, 1.54) is 36.3 Å². The topological polar surface area (TPSA) is 28.2 Å². The number of nitrogens with one attached hydrogen (secondary N) is 1. The molecule has 0 aromatic carbocycles. The molecule has 1 saturated carbocycles. The Labute approximate surface area is 115 Å². The van der Waals surface area contributed by atoms with Crippen molar-refractivity contribution < 1.29 is 0 Å². The normalized spacial score (nSPS) is 16.7. The van der Waals surface area contributed by atoms with Gasteiger partial charge in [0, 0.05) is 31.6 Å². The number of anilines is 1. The number of hydrogen-bond donors (Lipinski definition) is 1. The molecular formula is C14H25N3S. The summed E-state index contributed by atoms with van der Waals surface area (Å²) in [4.78, 5) is 8.28. The van der Waals surface area contributed by atoms with Crippen molar-refractivity contribution in [1.29, 1.82) is 0 Å². The Hall–Kier alpha value is -0.610. The van der Waals surface area contributed by atoms with Gasteiger partial charge in [-0.2, -0.15) is 0 Å². The van der Waals surface area contributed by atoms with E-state index in [4.69, 9.17) is 4.98 Å². The molecule has 0 unspecified atom stereocenters. The number of rotatable bonds is 5. The minimum Gasteiger partial charge on any atom is -0.354 e. The first-order chi connectivity index (χ1) is 8.58. The van der Waals surface area contributed by atoms with Crippen molar-refractivity contribution in [2.24, 2.45) is 0 Å². The van der Waals surface area contributed by atoms with E-state index in [2.05, 4.69) is 38.2 Å². The summed E-state index contributed by atoms with van der Waals surface area (Å²) in [7, 11) is 4.13. The van der Waals surface area contributed by atoms with Crippen molar-refractivity contribution in [3.8, 4) is 0 Å². The average Bonchev–Trinajstić information content (AvgIpc) is 2.95. The van der Waals surface area contributed by atoms with Crippen molar-refractivity contribution in [1.82, 2.24) is 10.3 Å². The van der Waals surface area contributed by atoms with Gasteiger partial charge in [-0.25, -0.2) is 4.98 Å². The molecule has 0 atom stereocenters. The Balaban J connectivity index is 2.04. The van der Waals surface area contributed by atoms with Gasteiger partial charge < -0.3 is 10.2 Å². The van der Waals surface area contributed by atoms with Crippen LogP contribution in [0.5, 0.6) is 0 Å². The monoisotopic (exact) mass is 267 g/mol. The second-order valence-electron chi connectivity index (χ2n) is 5.72. The summed E-state index contributed by atoms with van der Waals surface area (Å²) in [5, 5.41) is 4.82. The molecule has 1 aliphatic carbocycles. The van der Waals surface area contributed by atoms with E-state index in [9.17, 15) is 0 Å². The van der Waals surface area contributed by atoms with E-state index in [1.54, 1.807) is 0 Å². The molecule has 1 fully saturated rings. The zero-order chi connectivity index (χ0) is 13.1. The molecule has 1 aliphatic rings. The maximum atomic E-state index is 4.76. The summed E-state index contributed by atoms with van der Waals surface area (Å²) < 4.78 is 0. The van der Waals surface area contributed by atoms with Crippen LogP contribution >= 0.6 is 11.3 Å². The van der Waals surface area contributed by atoms with Crippen LogP contribution in [-0.2, 0) is 6.54 Å². The molecule has 0 saturated heterocycles. The van der Waals surface area contributed by atoms with E-state index in [0.717, 1.165) is 17.7 Å². The van der Waals surface area contributed by atoms with Gasteiger partial charge in [0.25, 0.3) is 0 Å². The molecule has 0 spiro atoms. The highest BCUT2D eigenvalue weighted by molar-refractivity contribution is 7.15. The molecule has 102 valence electrons. The van der Waals surface area contributed by atoms with Crippen LogP contribution in [0.2, 0.25) is 0 Å². The van der Waals surface area contributed by atoms with Gasteiger partial charge in [-0.15, -0.1) is 11.3 Å². The molecular weight excluding hydrogens is 242 g/mol. The van der Waals surface area contributed by atoms with Crippen molar-refractivity contribution in [2.45, 2.75) is 58.0 Å². The van der Waals surface area contributed by atoms with Gasteiger partial charge in [0.05, 0.1) is 5.69 Å². The van der Waals surface area contributed by atoms with Crippen LogP contribution in [-0.4, -0.2) is 25.1 Å². The maximum Gasteiger partial charge on any atom is 0.185 e. The molecule has 1 aromatic rings. The largest absolute Gasteiger partial charge is 0.354 e. The Bertz CT molecular complexity index is 378. The fraction of sp³-hybridized carbons (Fsp3) is 0.786. The predicted molar refractivity (Wildman–Crippen MR) is 79.6 cm³/mol. The summed E-state index contributed by atoms with van der Waals surface area (Å²) >= 11 is 1.83. The minimum absolute atomic E-state index is 0.510. The van der Waals surface area contributed by atoms with Crippen molar-refractivity contribution in [3.05, 3.63) is 10.6 Å². The Morgan fingerprint density at radius 2 is 2.00 bits per heavy atom. The van der Waals surface area contributed by atoms with Crippen molar-refractivity contribution in [3.63, 3.8) is 0 Å². The van der Waals surface area contributed by atoms with Crippen LogP contribution < -0.4 is 10.2 Å². The molecule has 1 N–H and O–H groups in total. The lowest BCUT2D eigenvalue weighted by Gasteiger charge is -2.12. The second-order valence-corrected chi connectivity index (χ2v) is 6.78. The van der Waals surface area contributed by atoms with E-state index in [-0.39, 0.29) is 0 Å². The summed E-state index contributed by atoms with van der Waals surface area (Å²) in [6, 6.07) is 0.731. The number of thiazole rings is 1. The minimum atomic E-state index is 0.510. The van der Waals surface area contributed by atoms with Crippen LogP contribution in [0.4, 0.5) is 5.13 Å². The third-order valence-corrected chi connectivity index (χ3v) is 4.79. The van der Waals surface area contributed by atoms with E-state index in [1.807, 2.05) is 11.3 Å². The molecule has 4 heteroatoms. The third-order valence-electron chi connectivity index (χ3n) is 3.55. The second kappa shape index (κ2) is 6.02. The first-order valence-electron chi connectivity index (χ1n) is 6.98. The number of aromatic nitrogens is 1. The molecule has 0 aliphatic heterocycles. The molecule has 0 amide bonds. The van der Waals surface area contributed by atoms with Crippen molar-refractivity contribution in [2.75, 3.05) is 19.0 Å². The molecule has 1 heterocycles. The highest BCUT2D eigenvalue weighted by Gasteiger charge is 2.18. The summed E-state index contributed by atoms with van der Waals surface area (Å²) in [6.07, 6.45) is 5.47. The highest BCUT2D eigenvalue weighted by Crippen LogP contribution is 2.30. The molecule has 2 rings (SSSR count). The predicted octanol–water partition coefficient (Wildman–Crippen LogP) is 3.36. The first-order valence-corrected chi connectivity index (χ1v) is 7.80. The van der Waals surface area contributed by atoms with Crippen LogP contribution in [0.15, 0.2) is 0 Å². The fourth-order valence-electron chi connectivity index (χ4n) is 2.49. The van der Waals surface area contributed by atoms with Gasteiger partial charge >= 0.3 is 0 Å². The van der Waals surface area contributed by atoms with Crippen LogP contribution in [0.1, 0.15) is 56.0 Å². The highest BCUT2D eigenvalue weighted by atomic mass is 32.1. The Kier molecular flexibility index (Phi) is 4.62. The average molecular weight is 267 g/mol. The molecule has 1 aromatic heterocycles. The van der Waals surface area contributed by atoms with Gasteiger partial charge in [0.2, 0.25) is 0 Å². The molecule has 0 bridgehead atoms. The SMILES string of the molecule is CC(C)c1nc(N(C)C)sc1CNC1CCCC1. The molecule has 0 radical (unpaired) electrons. The third kappa shape index (κ3) is 3.23. The van der Waals surface area contributed by atoms with Gasteiger partial charge in [-0.3, -0.25) is 0 Å². The standard InChI is InChI=1S/C14H25N3S/c1-10(2)13-12(18-14(16-13)17(3)4)9-15-11-7-5-6-8-11/h10-11,15H,5-9H2,1-4H3. The lowest BCUT2D eigenvalue weighted by atomic mass is 10.1. The van der Waals surface area contributed by atoms with Crippen LogP contribution in [0.3, 0.4) is 0 Å². The van der Waals surface area contributed by atoms with E-state index in [0.29, 0.717) is 5.92 Å². The van der Waals surface area contributed by atoms with Crippen molar-refractivity contribution >= 4 is 16.5 Å². The number of hydrogen-bond acceptors (Lipinski definition) is 4. The van der Waals surface area contributed by atoms with Gasteiger partial charge in [-0.1, -0.05) is 26.7 Å². The van der Waals surface area contributed by atoms with E-state index >= 15 is 0 Å². The molecule has 18 heavy (non-hydrogen) atoms. The summed E-state index contributed by atoms with van der Waals surface area (Å²) in [5.41, 5.74) is 1.27. The van der Waals surface area contributed by atoms with Gasteiger partial charge in [0.1, 0.15) is 0 Å². The fourth-order valence-corrected chi connectivity index (χ4v) is 3.58. The van der Waals surface area contributed by atoms with Gasteiger partial charge in [-0.05, 0) is 18.8 Å². The first kappa shape index (κ1) is 13.8. The van der Waals surface area contributed by atoms with E-state index < -0.39 is 0 Å². The van der Waals surface area contributed by atoms with Crippen LogP contribution in [0.25, 0.3) is 0 Å². The maximum absolute atomic E-state index is 4.76. The molecule has 3 nitrogen and oxygen atoms in total. The number of nitrogens with zero attached hydrogens (tertiary/aromatic N) is 2. The summed E-state index contributed by atoms with van der Waals surface area (Å²) in [5.74, 6) is 0.510. The Morgan fingerprint density at radius 3 is 2.56 bits per heavy atom. The lowest BCUT2D eigenvalue weighted by Crippen LogP contribution is -2.25.